The number of nitrogens with zero attached hydrogens (tertiary/aromatic N) is 4. The van der Waals surface area contributed by atoms with Gasteiger partial charge in [-0.15, -0.1) is 0 Å². The first kappa shape index (κ1) is 9.64. The van der Waals surface area contributed by atoms with Crippen molar-refractivity contribution in [2.24, 2.45) is 7.05 Å². The largest absolute Gasteiger partial charge is 0.360 e. The molecule has 5 heteroatoms. The van der Waals surface area contributed by atoms with Crippen LogP contribution in [0.2, 0.25) is 0 Å². The molecule has 0 aliphatic rings. The predicted molar refractivity (Wildman–Crippen MR) is 57.3 cm³/mol. The van der Waals surface area contributed by atoms with E-state index in [-0.39, 0.29) is 6.04 Å². The van der Waals surface area contributed by atoms with Gasteiger partial charge in [-0.1, -0.05) is 0 Å². The lowest BCUT2D eigenvalue weighted by atomic mass is 10.2. The number of rotatable bonds is 3. The average molecular weight is 203 g/mol. The summed E-state index contributed by atoms with van der Waals surface area (Å²) in [5.74, 6) is 0.843. The summed E-state index contributed by atoms with van der Waals surface area (Å²) in [6.07, 6.45) is 7.00. The zero-order chi connectivity index (χ0) is 10.7. The number of anilines is 1. The summed E-state index contributed by atoms with van der Waals surface area (Å²) in [5, 5.41) is 7.48. The maximum Gasteiger partial charge on any atom is 0.148 e. The molecule has 1 atom stereocenters. The summed E-state index contributed by atoms with van der Waals surface area (Å²) < 4.78 is 1.76. The average Bonchev–Trinajstić information content (AvgIpc) is 2.65. The molecule has 2 rings (SSSR count). The molecule has 0 saturated carbocycles. The van der Waals surface area contributed by atoms with Crippen molar-refractivity contribution >= 4 is 5.82 Å². The minimum absolute atomic E-state index is 0.105. The molecular formula is C10H13N5. The quantitative estimate of drug-likeness (QED) is 0.818. The van der Waals surface area contributed by atoms with Crippen LogP contribution < -0.4 is 5.32 Å². The van der Waals surface area contributed by atoms with Crippen LogP contribution in [0.3, 0.4) is 0 Å². The molecule has 2 heterocycles. The van der Waals surface area contributed by atoms with Crippen molar-refractivity contribution in [3.63, 3.8) is 0 Å². The van der Waals surface area contributed by atoms with Crippen LogP contribution in [0.5, 0.6) is 0 Å². The Morgan fingerprint density at radius 2 is 2.27 bits per heavy atom. The van der Waals surface area contributed by atoms with Crippen molar-refractivity contribution in [3.05, 3.63) is 36.5 Å². The Bertz CT molecular complexity index is 422. The summed E-state index contributed by atoms with van der Waals surface area (Å²) in [6, 6.07) is 2.03. The minimum Gasteiger partial charge on any atom is -0.360 e. The predicted octanol–water partition coefficient (Wildman–Crippen LogP) is 1.38. The summed E-state index contributed by atoms with van der Waals surface area (Å²) >= 11 is 0. The van der Waals surface area contributed by atoms with Crippen LogP contribution in [-0.4, -0.2) is 19.7 Å². The number of aryl methyl sites for hydroxylation is 1. The highest BCUT2D eigenvalue weighted by atomic mass is 15.3. The van der Waals surface area contributed by atoms with Gasteiger partial charge >= 0.3 is 0 Å². The third-order valence-corrected chi connectivity index (χ3v) is 2.10. The normalized spacial score (nSPS) is 12.4. The second-order valence-corrected chi connectivity index (χ2v) is 3.37. The van der Waals surface area contributed by atoms with Crippen LogP contribution in [0.4, 0.5) is 5.82 Å². The van der Waals surface area contributed by atoms with Gasteiger partial charge < -0.3 is 5.32 Å². The Labute approximate surface area is 88.2 Å². The van der Waals surface area contributed by atoms with Crippen LogP contribution in [0.25, 0.3) is 0 Å². The fourth-order valence-corrected chi connectivity index (χ4v) is 1.32. The SMILES string of the molecule is CC(Nc1ccn(C)n1)c1cnccn1. The van der Waals surface area contributed by atoms with E-state index in [2.05, 4.69) is 20.4 Å². The molecule has 0 aliphatic heterocycles. The van der Waals surface area contributed by atoms with Crippen molar-refractivity contribution in [2.75, 3.05) is 5.32 Å². The van der Waals surface area contributed by atoms with Gasteiger partial charge in [-0.2, -0.15) is 5.10 Å². The van der Waals surface area contributed by atoms with Crippen molar-refractivity contribution in [2.45, 2.75) is 13.0 Å². The molecule has 0 bridgehead atoms. The van der Waals surface area contributed by atoms with Crippen LogP contribution in [-0.2, 0) is 7.05 Å². The minimum atomic E-state index is 0.105. The lowest BCUT2D eigenvalue weighted by molar-refractivity contribution is 0.754. The molecule has 0 spiro atoms. The fourth-order valence-electron chi connectivity index (χ4n) is 1.32. The molecule has 5 nitrogen and oxygen atoms in total. The molecule has 0 aliphatic carbocycles. The Balaban J connectivity index is 2.07. The van der Waals surface area contributed by atoms with Gasteiger partial charge in [-0.3, -0.25) is 14.6 Å². The van der Waals surface area contributed by atoms with Crippen LogP contribution in [0.1, 0.15) is 18.7 Å². The van der Waals surface area contributed by atoms with Gasteiger partial charge in [-0.05, 0) is 6.92 Å². The Morgan fingerprint density at radius 3 is 2.87 bits per heavy atom. The summed E-state index contributed by atoms with van der Waals surface area (Å²) in [5.41, 5.74) is 0.906. The number of hydrogen-bond donors (Lipinski definition) is 1. The van der Waals surface area contributed by atoms with Crippen molar-refractivity contribution in [1.29, 1.82) is 0 Å². The van der Waals surface area contributed by atoms with Gasteiger partial charge in [0, 0.05) is 31.7 Å². The molecule has 1 N–H and O–H groups in total. The smallest absolute Gasteiger partial charge is 0.148 e. The van der Waals surface area contributed by atoms with Crippen LogP contribution in [0, 0.1) is 0 Å². The van der Waals surface area contributed by atoms with E-state index in [4.69, 9.17) is 0 Å². The van der Waals surface area contributed by atoms with E-state index in [1.807, 2.05) is 26.2 Å². The van der Waals surface area contributed by atoms with Gasteiger partial charge in [0.2, 0.25) is 0 Å². The van der Waals surface area contributed by atoms with E-state index in [0.717, 1.165) is 11.5 Å². The Morgan fingerprint density at radius 1 is 1.40 bits per heavy atom. The van der Waals surface area contributed by atoms with Crippen molar-refractivity contribution in [1.82, 2.24) is 19.7 Å². The Kier molecular flexibility index (Phi) is 2.62. The van der Waals surface area contributed by atoms with Gasteiger partial charge in [0.05, 0.1) is 17.9 Å². The van der Waals surface area contributed by atoms with E-state index < -0.39 is 0 Å². The highest BCUT2D eigenvalue weighted by molar-refractivity contribution is 5.34. The standard InChI is InChI=1S/C10H13N5/c1-8(9-7-11-4-5-12-9)13-10-3-6-15(2)14-10/h3-8H,1-2H3,(H,13,14). The van der Waals surface area contributed by atoms with Crippen LogP contribution >= 0.6 is 0 Å². The maximum absolute atomic E-state index is 4.23. The van der Waals surface area contributed by atoms with E-state index in [9.17, 15) is 0 Å². The highest BCUT2D eigenvalue weighted by Crippen LogP contribution is 2.13. The molecule has 1 unspecified atom stereocenters. The lowest BCUT2D eigenvalue weighted by Crippen LogP contribution is -2.09. The molecule has 0 radical (unpaired) electrons. The molecule has 0 fully saturated rings. The first-order valence-corrected chi connectivity index (χ1v) is 4.78. The van der Waals surface area contributed by atoms with Gasteiger partial charge in [0.15, 0.2) is 0 Å². The van der Waals surface area contributed by atoms with Crippen molar-refractivity contribution < 1.29 is 0 Å². The van der Waals surface area contributed by atoms with Gasteiger partial charge in [0.25, 0.3) is 0 Å². The fraction of sp³-hybridized carbons (Fsp3) is 0.300. The monoisotopic (exact) mass is 203 g/mol. The lowest BCUT2D eigenvalue weighted by Gasteiger charge is -2.11. The Hall–Kier alpha value is -1.91. The molecular weight excluding hydrogens is 190 g/mol. The molecule has 2 aromatic heterocycles. The molecule has 0 amide bonds. The summed E-state index contributed by atoms with van der Waals surface area (Å²) in [4.78, 5) is 8.25. The zero-order valence-corrected chi connectivity index (χ0v) is 8.75. The first-order valence-electron chi connectivity index (χ1n) is 4.78. The van der Waals surface area contributed by atoms with Crippen molar-refractivity contribution in [3.8, 4) is 0 Å². The van der Waals surface area contributed by atoms with E-state index in [0.29, 0.717) is 0 Å². The summed E-state index contributed by atoms with van der Waals surface area (Å²) in [6.45, 7) is 2.03. The van der Waals surface area contributed by atoms with Gasteiger partial charge in [0.1, 0.15) is 5.82 Å². The second-order valence-electron chi connectivity index (χ2n) is 3.37. The molecule has 0 aromatic carbocycles. The van der Waals surface area contributed by atoms with Crippen LogP contribution in [0.15, 0.2) is 30.9 Å². The maximum atomic E-state index is 4.23. The van der Waals surface area contributed by atoms with E-state index in [1.165, 1.54) is 0 Å². The molecule has 78 valence electrons. The summed E-state index contributed by atoms with van der Waals surface area (Å²) in [7, 11) is 1.89. The molecule has 2 aromatic rings. The number of aromatic nitrogens is 4. The van der Waals surface area contributed by atoms with E-state index >= 15 is 0 Å². The van der Waals surface area contributed by atoms with Gasteiger partial charge in [-0.25, -0.2) is 0 Å². The third kappa shape index (κ3) is 2.31. The molecule has 15 heavy (non-hydrogen) atoms. The topological polar surface area (TPSA) is 55.6 Å². The third-order valence-electron chi connectivity index (χ3n) is 2.10. The first-order chi connectivity index (χ1) is 7.25. The number of nitrogens with one attached hydrogen (secondary N) is 1. The molecule has 0 saturated heterocycles. The number of hydrogen-bond acceptors (Lipinski definition) is 4. The zero-order valence-electron chi connectivity index (χ0n) is 8.75. The second kappa shape index (κ2) is 4.08. The van der Waals surface area contributed by atoms with E-state index in [1.54, 1.807) is 23.3 Å². The highest BCUT2D eigenvalue weighted by Gasteiger charge is 2.07.